The van der Waals surface area contributed by atoms with Gasteiger partial charge in [0.1, 0.15) is 0 Å². The maximum Gasteiger partial charge on any atom is 0.0898 e. The second kappa shape index (κ2) is 5.05. The zero-order valence-electron chi connectivity index (χ0n) is 9.32. The van der Waals surface area contributed by atoms with Gasteiger partial charge in [-0.05, 0) is 26.8 Å². The van der Waals surface area contributed by atoms with Gasteiger partial charge in [-0.15, -0.1) is 11.3 Å². The van der Waals surface area contributed by atoms with Crippen LogP contribution < -0.4 is 5.32 Å². The van der Waals surface area contributed by atoms with Gasteiger partial charge in [-0.3, -0.25) is 0 Å². The van der Waals surface area contributed by atoms with E-state index in [1.54, 1.807) is 11.3 Å². The van der Waals surface area contributed by atoms with Crippen molar-refractivity contribution in [2.24, 2.45) is 5.92 Å². The lowest BCUT2D eigenvalue weighted by Crippen LogP contribution is -2.31. The molecule has 2 unspecified atom stereocenters. The summed E-state index contributed by atoms with van der Waals surface area (Å²) < 4.78 is 5.53. The normalized spacial score (nSPS) is 24.0. The van der Waals surface area contributed by atoms with Crippen molar-refractivity contribution in [1.29, 1.82) is 0 Å². The minimum Gasteiger partial charge on any atom is -0.381 e. The van der Waals surface area contributed by atoms with Gasteiger partial charge in [0.2, 0.25) is 0 Å². The highest BCUT2D eigenvalue weighted by atomic mass is 32.1. The third-order valence-corrected chi connectivity index (χ3v) is 3.73. The second-order valence-electron chi connectivity index (χ2n) is 4.03. The Morgan fingerprint density at radius 1 is 1.67 bits per heavy atom. The molecular formula is C11H18N2OS. The van der Waals surface area contributed by atoms with Crippen LogP contribution in [-0.4, -0.2) is 25.2 Å². The van der Waals surface area contributed by atoms with Crippen molar-refractivity contribution in [3.05, 3.63) is 16.1 Å². The first-order chi connectivity index (χ1) is 7.31. The Balaban J connectivity index is 2.08. The molecule has 1 aliphatic heterocycles. The highest BCUT2D eigenvalue weighted by Gasteiger charge is 2.25. The van der Waals surface area contributed by atoms with Gasteiger partial charge in [-0.2, -0.15) is 0 Å². The highest BCUT2D eigenvalue weighted by molar-refractivity contribution is 7.09. The molecule has 0 radical (unpaired) electrons. The SMILES string of the molecule is CNC(c1csc(C)n1)C1CCCOC1. The van der Waals surface area contributed by atoms with E-state index in [4.69, 9.17) is 4.74 Å². The quantitative estimate of drug-likeness (QED) is 0.857. The number of hydrogen-bond donors (Lipinski definition) is 1. The van der Waals surface area contributed by atoms with Gasteiger partial charge < -0.3 is 10.1 Å². The molecule has 2 atom stereocenters. The third kappa shape index (κ3) is 2.56. The lowest BCUT2D eigenvalue weighted by atomic mass is 9.92. The van der Waals surface area contributed by atoms with Gasteiger partial charge in [-0.25, -0.2) is 4.98 Å². The van der Waals surface area contributed by atoms with E-state index >= 15 is 0 Å². The van der Waals surface area contributed by atoms with Crippen molar-refractivity contribution < 1.29 is 4.74 Å². The fraction of sp³-hybridized carbons (Fsp3) is 0.727. The van der Waals surface area contributed by atoms with Crippen molar-refractivity contribution in [3.8, 4) is 0 Å². The van der Waals surface area contributed by atoms with Crippen molar-refractivity contribution in [3.63, 3.8) is 0 Å². The van der Waals surface area contributed by atoms with Gasteiger partial charge in [0.25, 0.3) is 0 Å². The smallest absolute Gasteiger partial charge is 0.0898 e. The summed E-state index contributed by atoms with van der Waals surface area (Å²) in [5.74, 6) is 0.574. The largest absolute Gasteiger partial charge is 0.381 e. The zero-order chi connectivity index (χ0) is 10.7. The summed E-state index contributed by atoms with van der Waals surface area (Å²) in [5.41, 5.74) is 1.18. The summed E-state index contributed by atoms with van der Waals surface area (Å²) in [7, 11) is 2.01. The van der Waals surface area contributed by atoms with Crippen LogP contribution in [0.3, 0.4) is 0 Å². The molecule has 1 saturated heterocycles. The Labute approximate surface area is 94.9 Å². The number of thiazole rings is 1. The van der Waals surface area contributed by atoms with Gasteiger partial charge >= 0.3 is 0 Å². The predicted molar refractivity (Wildman–Crippen MR) is 62.2 cm³/mol. The van der Waals surface area contributed by atoms with E-state index in [-0.39, 0.29) is 0 Å². The maximum atomic E-state index is 5.53. The van der Waals surface area contributed by atoms with Gasteiger partial charge in [0.05, 0.1) is 23.4 Å². The molecule has 0 aliphatic carbocycles. The van der Waals surface area contributed by atoms with Crippen LogP contribution in [0.15, 0.2) is 5.38 Å². The number of nitrogens with one attached hydrogen (secondary N) is 1. The van der Waals surface area contributed by atoms with E-state index in [1.165, 1.54) is 18.5 Å². The van der Waals surface area contributed by atoms with Crippen LogP contribution in [0.25, 0.3) is 0 Å². The second-order valence-corrected chi connectivity index (χ2v) is 5.10. The molecule has 0 bridgehead atoms. The van der Waals surface area contributed by atoms with Crippen molar-refractivity contribution >= 4 is 11.3 Å². The summed E-state index contributed by atoms with van der Waals surface area (Å²) in [4.78, 5) is 4.56. The van der Waals surface area contributed by atoms with E-state index in [0.29, 0.717) is 12.0 Å². The van der Waals surface area contributed by atoms with E-state index in [2.05, 4.69) is 22.6 Å². The van der Waals surface area contributed by atoms with Crippen LogP contribution in [0, 0.1) is 12.8 Å². The number of aryl methyl sites for hydroxylation is 1. The van der Waals surface area contributed by atoms with Crippen molar-refractivity contribution in [2.75, 3.05) is 20.3 Å². The summed E-state index contributed by atoms with van der Waals surface area (Å²) >= 11 is 1.72. The van der Waals surface area contributed by atoms with E-state index in [9.17, 15) is 0 Å². The third-order valence-electron chi connectivity index (χ3n) is 2.93. The Bertz CT molecular complexity index is 307. The summed E-state index contributed by atoms with van der Waals surface area (Å²) in [6.45, 7) is 3.84. The Morgan fingerprint density at radius 3 is 3.07 bits per heavy atom. The van der Waals surface area contributed by atoms with Crippen LogP contribution in [-0.2, 0) is 4.74 Å². The van der Waals surface area contributed by atoms with Crippen LogP contribution in [0.4, 0.5) is 0 Å². The molecule has 2 heterocycles. The molecule has 3 nitrogen and oxygen atoms in total. The molecule has 15 heavy (non-hydrogen) atoms. The van der Waals surface area contributed by atoms with Crippen molar-refractivity contribution in [2.45, 2.75) is 25.8 Å². The fourth-order valence-electron chi connectivity index (χ4n) is 2.18. The summed E-state index contributed by atoms with van der Waals surface area (Å²) in [5, 5.41) is 6.66. The molecule has 0 aromatic carbocycles. The van der Waals surface area contributed by atoms with Crippen molar-refractivity contribution in [1.82, 2.24) is 10.3 Å². The van der Waals surface area contributed by atoms with Crippen LogP contribution in [0.5, 0.6) is 0 Å². The average molecular weight is 226 g/mol. The first kappa shape index (κ1) is 11.0. The first-order valence-corrected chi connectivity index (χ1v) is 6.36. The molecule has 0 saturated carbocycles. The van der Waals surface area contributed by atoms with Crippen LogP contribution >= 0.6 is 11.3 Å². The number of nitrogens with zero attached hydrogens (tertiary/aromatic N) is 1. The van der Waals surface area contributed by atoms with E-state index in [1.807, 2.05) is 7.05 Å². The summed E-state index contributed by atoms with van der Waals surface area (Å²) in [6, 6.07) is 0.357. The van der Waals surface area contributed by atoms with Crippen LogP contribution in [0.1, 0.15) is 29.6 Å². The molecule has 0 amide bonds. The number of rotatable bonds is 3. The van der Waals surface area contributed by atoms with E-state index in [0.717, 1.165) is 18.2 Å². The molecule has 1 aliphatic rings. The number of hydrogen-bond acceptors (Lipinski definition) is 4. The first-order valence-electron chi connectivity index (χ1n) is 5.48. The molecule has 0 spiro atoms. The lowest BCUT2D eigenvalue weighted by molar-refractivity contribution is 0.0396. The molecular weight excluding hydrogens is 208 g/mol. The Hall–Kier alpha value is -0.450. The number of ether oxygens (including phenoxy) is 1. The minimum absolute atomic E-state index is 0.357. The maximum absolute atomic E-state index is 5.53. The molecule has 4 heteroatoms. The van der Waals surface area contributed by atoms with Crippen LogP contribution in [0.2, 0.25) is 0 Å². The average Bonchev–Trinajstić information content (AvgIpc) is 2.68. The number of aromatic nitrogens is 1. The van der Waals surface area contributed by atoms with E-state index < -0.39 is 0 Å². The van der Waals surface area contributed by atoms with Gasteiger partial charge in [0.15, 0.2) is 0 Å². The molecule has 1 aromatic rings. The summed E-state index contributed by atoms with van der Waals surface area (Å²) in [6.07, 6.45) is 2.41. The Morgan fingerprint density at radius 2 is 2.53 bits per heavy atom. The highest BCUT2D eigenvalue weighted by Crippen LogP contribution is 2.29. The molecule has 2 rings (SSSR count). The standard InChI is InChI=1S/C11H18N2OS/c1-8-13-10(7-15-8)11(12-2)9-4-3-5-14-6-9/h7,9,11-12H,3-6H2,1-2H3. The molecule has 1 aromatic heterocycles. The van der Waals surface area contributed by atoms with Gasteiger partial charge in [-0.1, -0.05) is 0 Å². The minimum atomic E-state index is 0.357. The Kier molecular flexibility index (Phi) is 3.72. The topological polar surface area (TPSA) is 34.2 Å². The monoisotopic (exact) mass is 226 g/mol. The molecule has 1 N–H and O–H groups in total. The van der Waals surface area contributed by atoms with Gasteiger partial charge in [0, 0.05) is 17.9 Å². The lowest BCUT2D eigenvalue weighted by Gasteiger charge is -2.28. The molecule has 1 fully saturated rings. The fourth-order valence-corrected chi connectivity index (χ4v) is 2.83. The molecule has 84 valence electrons. The zero-order valence-corrected chi connectivity index (χ0v) is 10.1. The predicted octanol–water partition coefficient (Wildman–Crippen LogP) is 2.14.